The van der Waals surface area contributed by atoms with Crippen molar-refractivity contribution in [2.45, 2.75) is 52.9 Å². The Labute approximate surface area is 128 Å². The summed E-state index contributed by atoms with van der Waals surface area (Å²) in [7, 11) is 0. The second-order valence-electron chi connectivity index (χ2n) is 6.98. The van der Waals surface area contributed by atoms with Gasteiger partial charge in [0, 0.05) is 5.41 Å². The van der Waals surface area contributed by atoms with E-state index in [1.54, 1.807) is 0 Å². The second-order valence-corrected chi connectivity index (χ2v) is 7.42. The van der Waals surface area contributed by atoms with Crippen molar-refractivity contribution >= 4 is 17.2 Å². The molecule has 0 spiro atoms. The van der Waals surface area contributed by atoms with Gasteiger partial charge in [-0.05, 0) is 36.0 Å². The Balaban J connectivity index is 2.49. The van der Waals surface area contributed by atoms with Gasteiger partial charge in [-0.2, -0.15) is 0 Å². The van der Waals surface area contributed by atoms with Crippen molar-refractivity contribution in [3.05, 3.63) is 29.8 Å². The molecule has 0 heterocycles. The molecule has 1 aromatic rings. The summed E-state index contributed by atoms with van der Waals surface area (Å²) in [5, 5.41) is 0. The molecule has 20 heavy (non-hydrogen) atoms. The highest BCUT2D eigenvalue weighted by atomic mass is 32.1. The number of rotatable bonds is 6. The number of benzene rings is 1. The molecule has 0 bridgehead atoms. The van der Waals surface area contributed by atoms with E-state index in [0.717, 1.165) is 18.6 Å². The van der Waals surface area contributed by atoms with Crippen LogP contribution in [0.1, 0.15) is 53.0 Å². The van der Waals surface area contributed by atoms with Crippen molar-refractivity contribution in [3.63, 3.8) is 0 Å². The average Bonchev–Trinajstić information content (AvgIpc) is 2.34. The van der Waals surface area contributed by atoms with Gasteiger partial charge < -0.3 is 10.5 Å². The van der Waals surface area contributed by atoms with Crippen LogP contribution < -0.4 is 10.5 Å². The van der Waals surface area contributed by atoms with Crippen molar-refractivity contribution < 1.29 is 4.74 Å². The fourth-order valence-corrected chi connectivity index (χ4v) is 1.98. The molecule has 3 heteroatoms. The lowest BCUT2D eigenvalue weighted by Gasteiger charge is -2.23. The molecule has 0 amide bonds. The van der Waals surface area contributed by atoms with E-state index in [-0.39, 0.29) is 10.8 Å². The van der Waals surface area contributed by atoms with E-state index >= 15 is 0 Å². The topological polar surface area (TPSA) is 35.2 Å². The Morgan fingerprint density at radius 3 is 2.40 bits per heavy atom. The molecule has 0 saturated heterocycles. The largest absolute Gasteiger partial charge is 0.494 e. The first-order chi connectivity index (χ1) is 9.13. The zero-order valence-corrected chi connectivity index (χ0v) is 14.1. The number of ether oxygens (including phenoxy) is 1. The van der Waals surface area contributed by atoms with Crippen molar-refractivity contribution in [1.29, 1.82) is 0 Å². The maximum atomic E-state index is 5.83. The van der Waals surface area contributed by atoms with Crippen LogP contribution in [0.3, 0.4) is 0 Å². The molecule has 0 saturated carbocycles. The monoisotopic (exact) mass is 293 g/mol. The molecule has 0 aromatic heterocycles. The van der Waals surface area contributed by atoms with Crippen molar-refractivity contribution in [1.82, 2.24) is 0 Å². The third-order valence-electron chi connectivity index (χ3n) is 3.58. The van der Waals surface area contributed by atoms with E-state index < -0.39 is 0 Å². The molecule has 1 rings (SSSR count). The van der Waals surface area contributed by atoms with Gasteiger partial charge in [0.2, 0.25) is 0 Å². The van der Waals surface area contributed by atoms with Crippen LogP contribution in [0, 0.1) is 5.41 Å². The number of hydrogen-bond donors (Lipinski definition) is 1. The number of nitrogens with two attached hydrogens (primary N) is 1. The number of thiocarbonyl (C=S) groups is 1. The van der Waals surface area contributed by atoms with Gasteiger partial charge in [0.25, 0.3) is 0 Å². The predicted molar refractivity (Wildman–Crippen MR) is 90.4 cm³/mol. The SMILES string of the molecule is CC(C)(CCCOc1cccc(C(C)(C)C)c1)C(N)=S. The molecule has 0 fully saturated rings. The fourth-order valence-electron chi connectivity index (χ4n) is 1.88. The van der Waals surface area contributed by atoms with Gasteiger partial charge in [0.1, 0.15) is 5.75 Å². The summed E-state index contributed by atoms with van der Waals surface area (Å²) >= 11 is 5.07. The molecule has 0 aliphatic rings. The van der Waals surface area contributed by atoms with E-state index in [1.807, 2.05) is 6.07 Å². The lowest BCUT2D eigenvalue weighted by atomic mass is 9.87. The van der Waals surface area contributed by atoms with E-state index in [9.17, 15) is 0 Å². The van der Waals surface area contributed by atoms with Gasteiger partial charge in [0.05, 0.1) is 11.6 Å². The Morgan fingerprint density at radius 1 is 1.20 bits per heavy atom. The highest BCUT2D eigenvalue weighted by Crippen LogP contribution is 2.26. The number of hydrogen-bond acceptors (Lipinski definition) is 2. The van der Waals surface area contributed by atoms with Gasteiger partial charge in [-0.3, -0.25) is 0 Å². The lowest BCUT2D eigenvalue weighted by Crippen LogP contribution is -2.30. The van der Waals surface area contributed by atoms with Crippen LogP contribution >= 0.6 is 12.2 Å². The van der Waals surface area contributed by atoms with Crippen LogP contribution in [0.5, 0.6) is 5.75 Å². The first-order valence-electron chi connectivity index (χ1n) is 7.16. The first kappa shape index (κ1) is 17.0. The quantitative estimate of drug-likeness (QED) is 0.621. The minimum Gasteiger partial charge on any atom is -0.494 e. The van der Waals surface area contributed by atoms with Gasteiger partial charge >= 0.3 is 0 Å². The second kappa shape index (κ2) is 6.57. The third kappa shape index (κ3) is 5.12. The van der Waals surface area contributed by atoms with Crippen LogP contribution in [-0.4, -0.2) is 11.6 Å². The Bertz CT molecular complexity index is 460. The maximum absolute atomic E-state index is 5.83. The summed E-state index contributed by atoms with van der Waals surface area (Å²) in [6, 6.07) is 8.32. The molecule has 112 valence electrons. The van der Waals surface area contributed by atoms with Gasteiger partial charge in [-0.15, -0.1) is 0 Å². The molecular weight excluding hydrogens is 266 g/mol. The van der Waals surface area contributed by atoms with Crippen molar-refractivity contribution in [2.24, 2.45) is 11.1 Å². The van der Waals surface area contributed by atoms with Crippen molar-refractivity contribution in [3.8, 4) is 5.75 Å². The lowest BCUT2D eigenvalue weighted by molar-refractivity contribution is 0.287. The molecule has 0 atom stereocenters. The molecule has 2 nitrogen and oxygen atoms in total. The average molecular weight is 293 g/mol. The van der Waals surface area contributed by atoms with Crippen LogP contribution in [0.15, 0.2) is 24.3 Å². The minimum absolute atomic E-state index is 0.0913. The molecule has 0 aliphatic carbocycles. The smallest absolute Gasteiger partial charge is 0.119 e. The molecule has 2 N–H and O–H groups in total. The summed E-state index contributed by atoms with van der Waals surface area (Å²) in [6.07, 6.45) is 1.89. The zero-order chi connectivity index (χ0) is 15.4. The predicted octanol–water partition coefficient (Wildman–Crippen LogP) is 4.46. The molecule has 1 aromatic carbocycles. The normalized spacial score (nSPS) is 12.2. The zero-order valence-electron chi connectivity index (χ0n) is 13.3. The molecule has 0 aliphatic heterocycles. The Hall–Kier alpha value is -1.09. The standard InChI is InChI=1S/C17H27NOS/c1-16(2,3)13-8-6-9-14(12-13)19-11-7-10-17(4,5)15(18)20/h6,8-9,12H,7,10-11H2,1-5H3,(H2,18,20). The summed E-state index contributed by atoms with van der Waals surface area (Å²) in [5.74, 6) is 0.936. The molecular formula is C17H27NOS. The molecule has 0 radical (unpaired) electrons. The van der Waals surface area contributed by atoms with E-state index in [0.29, 0.717) is 11.6 Å². The first-order valence-corrected chi connectivity index (χ1v) is 7.57. The Kier molecular flexibility index (Phi) is 5.58. The summed E-state index contributed by atoms with van der Waals surface area (Å²) < 4.78 is 5.83. The highest BCUT2D eigenvalue weighted by Gasteiger charge is 2.20. The van der Waals surface area contributed by atoms with Crippen LogP contribution in [0.4, 0.5) is 0 Å². The van der Waals surface area contributed by atoms with Crippen LogP contribution in [-0.2, 0) is 5.41 Å². The van der Waals surface area contributed by atoms with E-state index in [4.69, 9.17) is 22.7 Å². The Morgan fingerprint density at radius 2 is 1.85 bits per heavy atom. The summed E-state index contributed by atoms with van der Waals surface area (Å²) in [4.78, 5) is 0.576. The minimum atomic E-state index is -0.0913. The van der Waals surface area contributed by atoms with Crippen molar-refractivity contribution in [2.75, 3.05) is 6.61 Å². The van der Waals surface area contributed by atoms with Crippen LogP contribution in [0.25, 0.3) is 0 Å². The van der Waals surface area contributed by atoms with Gasteiger partial charge in [0.15, 0.2) is 0 Å². The summed E-state index contributed by atoms with van der Waals surface area (Å²) in [6.45, 7) is 11.5. The van der Waals surface area contributed by atoms with Gasteiger partial charge in [-0.25, -0.2) is 0 Å². The van der Waals surface area contributed by atoms with E-state index in [2.05, 4.69) is 52.8 Å². The fraction of sp³-hybridized carbons (Fsp3) is 0.588. The van der Waals surface area contributed by atoms with Gasteiger partial charge in [-0.1, -0.05) is 59.0 Å². The molecule has 0 unspecified atom stereocenters. The van der Waals surface area contributed by atoms with Crippen LogP contribution in [0.2, 0.25) is 0 Å². The highest BCUT2D eigenvalue weighted by molar-refractivity contribution is 7.80. The maximum Gasteiger partial charge on any atom is 0.119 e. The van der Waals surface area contributed by atoms with E-state index in [1.165, 1.54) is 5.56 Å². The summed E-state index contributed by atoms with van der Waals surface area (Å²) in [5.41, 5.74) is 7.07. The third-order valence-corrected chi connectivity index (χ3v) is 4.13.